The third-order valence-corrected chi connectivity index (χ3v) is 3.97. The summed E-state index contributed by atoms with van der Waals surface area (Å²) in [5.74, 6) is 0.513. The normalized spacial score (nSPS) is 14.6. The molecule has 1 rings (SSSR count). The average molecular weight is 300 g/mol. The summed E-state index contributed by atoms with van der Waals surface area (Å²) in [6, 6.07) is 6.80. The van der Waals surface area contributed by atoms with Crippen molar-refractivity contribution in [3.05, 3.63) is 33.8 Å². The van der Waals surface area contributed by atoms with Crippen molar-refractivity contribution in [2.24, 2.45) is 5.92 Å². The highest BCUT2D eigenvalue weighted by molar-refractivity contribution is 9.10. The second-order valence-electron chi connectivity index (χ2n) is 4.76. The predicted molar refractivity (Wildman–Crippen MR) is 76.2 cm³/mol. The van der Waals surface area contributed by atoms with E-state index < -0.39 is 0 Å². The van der Waals surface area contributed by atoms with E-state index in [2.05, 4.69) is 60.2 Å². The van der Waals surface area contributed by atoms with E-state index in [1.165, 1.54) is 11.1 Å². The van der Waals surface area contributed by atoms with Crippen LogP contribution in [0.4, 0.5) is 0 Å². The minimum Gasteiger partial charge on any atom is -0.396 e. The molecule has 0 heterocycles. The van der Waals surface area contributed by atoms with E-state index in [0.29, 0.717) is 12.0 Å². The molecule has 96 valence electrons. The molecule has 0 aliphatic heterocycles. The number of aryl methyl sites for hydroxylation is 1. The quantitative estimate of drug-likeness (QED) is 0.843. The largest absolute Gasteiger partial charge is 0.396 e. The summed E-state index contributed by atoms with van der Waals surface area (Å²) >= 11 is 3.51. The van der Waals surface area contributed by atoms with Crippen LogP contribution in [0.5, 0.6) is 0 Å². The van der Waals surface area contributed by atoms with E-state index in [4.69, 9.17) is 5.11 Å². The van der Waals surface area contributed by atoms with Crippen molar-refractivity contribution < 1.29 is 5.11 Å². The first-order valence-corrected chi connectivity index (χ1v) is 6.94. The van der Waals surface area contributed by atoms with Crippen LogP contribution in [-0.2, 0) is 0 Å². The Balaban J connectivity index is 2.52. The third-order valence-electron chi connectivity index (χ3n) is 3.08. The van der Waals surface area contributed by atoms with E-state index in [1.54, 1.807) is 0 Å². The number of aliphatic hydroxyl groups is 1. The Bertz CT molecular complexity index is 354. The molecule has 0 aliphatic carbocycles. The minimum absolute atomic E-state index is 0.272. The average Bonchev–Trinajstić information content (AvgIpc) is 2.30. The molecule has 17 heavy (non-hydrogen) atoms. The Morgan fingerprint density at radius 1 is 1.35 bits per heavy atom. The van der Waals surface area contributed by atoms with Crippen LogP contribution in [0.25, 0.3) is 0 Å². The number of hydrogen-bond acceptors (Lipinski definition) is 2. The van der Waals surface area contributed by atoms with E-state index in [-0.39, 0.29) is 6.61 Å². The highest BCUT2D eigenvalue weighted by atomic mass is 79.9. The molecule has 2 nitrogen and oxygen atoms in total. The molecule has 1 aromatic rings. The molecule has 0 radical (unpaired) electrons. The maximum atomic E-state index is 8.85. The van der Waals surface area contributed by atoms with Crippen LogP contribution >= 0.6 is 15.9 Å². The number of hydrogen-bond donors (Lipinski definition) is 2. The van der Waals surface area contributed by atoms with Crippen molar-refractivity contribution in [2.45, 2.75) is 33.2 Å². The Hall–Kier alpha value is -0.380. The summed E-state index contributed by atoms with van der Waals surface area (Å²) in [4.78, 5) is 0. The van der Waals surface area contributed by atoms with Gasteiger partial charge in [-0.05, 0) is 49.9 Å². The summed E-state index contributed by atoms with van der Waals surface area (Å²) in [5, 5.41) is 12.4. The van der Waals surface area contributed by atoms with Crippen LogP contribution in [0.1, 0.15) is 37.4 Å². The van der Waals surface area contributed by atoms with Gasteiger partial charge in [0.2, 0.25) is 0 Å². The SMILES string of the molecule is Cc1cc(C(C)NCC(C)CCO)ccc1Br. The van der Waals surface area contributed by atoms with Gasteiger partial charge in [-0.25, -0.2) is 0 Å². The van der Waals surface area contributed by atoms with Crippen molar-refractivity contribution in [3.8, 4) is 0 Å². The van der Waals surface area contributed by atoms with Gasteiger partial charge < -0.3 is 10.4 Å². The van der Waals surface area contributed by atoms with Crippen molar-refractivity contribution in [2.75, 3.05) is 13.2 Å². The van der Waals surface area contributed by atoms with E-state index >= 15 is 0 Å². The number of nitrogens with one attached hydrogen (secondary N) is 1. The molecule has 0 aliphatic rings. The Morgan fingerprint density at radius 3 is 2.65 bits per heavy atom. The highest BCUT2D eigenvalue weighted by Crippen LogP contribution is 2.21. The van der Waals surface area contributed by atoms with Gasteiger partial charge in [0.1, 0.15) is 0 Å². The topological polar surface area (TPSA) is 32.3 Å². The first kappa shape index (κ1) is 14.7. The van der Waals surface area contributed by atoms with Crippen molar-refractivity contribution >= 4 is 15.9 Å². The lowest BCUT2D eigenvalue weighted by Crippen LogP contribution is -2.25. The molecule has 0 spiro atoms. The lowest BCUT2D eigenvalue weighted by atomic mass is 10.0. The number of rotatable bonds is 6. The number of aliphatic hydroxyl groups excluding tert-OH is 1. The van der Waals surface area contributed by atoms with Gasteiger partial charge in [-0.3, -0.25) is 0 Å². The molecular formula is C14H22BrNO. The van der Waals surface area contributed by atoms with Crippen LogP contribution in [0, 0.1) is 12.8 Å². The molecule has 0 bridgehead atoms. The third kappa shape index (κ3) is 4.78. The molecule has 2 atom stereocenters. The van der Waals surface area contributed by atoms with E-state index in [0.717, 1.165) is 17.4 Å². The summed E-state index contributed by atoms with van der Waals surface area (Å²) in [6.45, 7) is 7.65. The molecule has 0 saturated heterocycles. The van der Waals surface area contributed by atoms with Gasteiger partial charge in [0.05, 0.1) is 0 Å². The zero-order chi connectivity index (χ0) is 12.8. The summed E-state index contributed by atoms with van der Waals surface area (Å²) in [7, 11) is 0. The Kier molecular flexibility index (Phi) is 6.17. The van der Waals surface area contributed by atoms with Crippen LogP contribution in [0.15, 0.2) is 22.7 Å². The molecule has 0 amide bonds. The maximum absolute atomic E-state index is 8.85. The predicted octanol–water partition coefficient (Wildman–Crippen LogP) is 3.43. The maximum Gasteiger partial charge on any atom is 0.0434 e. The molecule has 0 aromatic heterocycles. The zero-order valence-corrected chi connectivity index (χ0v) is 12.4. The Morgan fingerprint density at radius 2 is 2.06 bits per heavy atom. The van der Waals surface area contributed by atoms with Gasteiger partial charge in [0, 0.05) is 17.1 Å². The fourth-order valence-electron chi connectivity index (χ4n) is 1.76. The van der Waals surface area contributed by atoms with Gasteiger partial charge in [-0.2, -0.15) is 0 Å². The molecule has 0 fully saturated rings. The van der Waals surface area contributed by atoms with Crippen LogP contribution in [-0.4, -0.2) is 18.3 Å². The fraction of sp³-hybridized carbons (Fsp3) is 0.571. The summed E-state index contributed by atoms with van der Waals surface area (Å²) < 4.78 is 1.15. The highest BCUT2D eigenvalue weighted by Gasteiger charge is 2.08. The van der Waals surface area contributed by atoms with Gasteiger partial charge in [-0.15, -0.1) is 0 Å². The van der Waals surface area contributed by atoms with Gasteiger partial charge >= 0.3 is 0 Å². The molecule has 1 aromatic carbocycles. The van der Waals surface area contributed by atoms with Gasteiger partial charge in [0.15, 0.2) is 0 Å². The molecule has 0 saturated carbocycles. The number of halogens is 1. The standard InChI is InChI=1S/C14H22BrNO/c1-10(6-7-17)9-16-12(3)13-4-5-14(15)11(2)8-13/h4-5,8,10,12,16-17H,6-7,9H2,1-3H3. The van der Waals surface area contributed by atoms with Gasteiger partial charge in [-0.1, -0.05) is 35.0 Å². The van der Waals surface area contributed by atoms with Crippen molar-refractivity contribution in [3.63, 3.8) is 0 Å². The Labute approximate surface area is 113 Å². The lowest BCUT2D eigenvalue weighted by Gasteiger charge is -2.18. The minimum atomic E-state index is 0.272. The monoisotopic (exact) mass is 299 g/mol. The van der Waals surface area contributed by atoms with E-state index in [1.807, 2.05) is 0 Å². The van der Waals surface area contributed by atoms with Crippen LogP contribution in [0.2, 0.25) is 0 Å². The first-order chi connectivity index (χ1) is 8.04. The molecule has 3 heteroatoms. The first-order valence-electron chi connectivity index (χ1n) is 6.15. The van der Waals surface area contributed by atoms with Gasteiger partial charge in [0.25, 0.3) is 0 Å². The lowest BCUT2D eigenvalue weighted by molar-refractivity contribution is 0.258. The second-order valence-corrected chi connectivity index (χ2v) is 5.61. The van der Waals surface area contributed by atoms with Crippen molar-refractivity contribution in [1.82, 2.24) is 5.32 Å². The fourth-order valence-corrected chi connectivity index (χ4v) is 2.00. The second kappa shape index (κ2) is 7.14. The molecule has 2 unspecified atom stereocenters. The van der Waals surface area contributed by atoms with Crippen molar-refractivity contribution in [1.29, 1.82) is 0 Å². The molecular weight excluding hydrogens is 278 g/mol. The van der Waals surface area contributed by atoms with Crippen LogP contribution in [0.3, 0.4) is 0 Å². The number of benzene rings is 1. The van der Waals surface area contributed by atoms with E-state index in [9.17, 15) is 0 Å². The summed E-state index contributed by atoms with van der Waals surface area (Å²) in [5.41, 5.74) is 2.57. The zero-order valence-electron chi connectivity index (χ0n) is 10.8. The summed E-state index contributed by atoms with van der Waals surface area (Å²) in [6.07, 6.45) is 0.860. The smallest absolute Gasteiger partial charge is 0.0434 e. The van der Waals surface area contributed by atoms with Crippen LogP contribution < -0.4 is 5.32 Å². The molecule has 2 N–H and O–H groups in total.